The van der Waals surface area contributed by atoms with Crippen molar-refractivity contribution in [2.45, 2.75) is 32.4 Å². The molecule has 0 aromatic heterocycles. The highest BCUT2D eigenvalue weighted by Crippen LogP contribution is 2.22. The molecule has 0 saturated carbocycles. The second-order valence-corrected chi connectivity index (χ2v) is 9.66. The van der Waals surface area contributed by atoms with E-state index in [1.165, 1.54) is 5.56 Å². The molecule has 1 saturated heterocycles. The highest BCUT2D eigenvalue weighted by molar-refractivity contribution is 7.91. The van der Waals surface area contributed by atoms with Crippen molar-refractivity contribution in [3.8, 4) is 5.75 Å². The van der Waals surface area contributed by atoms with E-state index in [9.17, 15) is 13.2 Å². The number of rotatable bonds is 7. The molecule has 0 aliphatic carbocycles. The van der Waals surface area contributed by atoms with E-state index in [4.69, 9.17) is 16.3 Å². The molecule has 5 nitrogen and oxygen atoms in total. The summed E-state index contributed by atoms with van der Waals surface area (Å²) < 4.78 is 29.5. The summed E-state index contributed by atoms with van der Waals surface area (Å²) in [6.45, 7) is 2.24. The first kappa shape index (κ1) is 20.7. The van der Waals surface area contributed by atoms with Gasteiger partial charge in [0.2, 0.25) is 0 Å². The number of carbonyl (C=O) groups is 1. The van der Waals surface area contributed by atoms with Gasteiger partial charge in [-0.05, 0) is 48.2 Å². The average molecular weight is 422 g/mol. The third-order valence-corrected chi connectivity index (χ3v) is 6.89. The number of aryl methyl sites for hydroxylation is 1. The summed E-state index contributed by atoms with van der Waals surface area (Å²) in [6, 6.07) is 14.5. The van der Waals surface area contributed by atoms with Crippen LogP contribution in [0.5, 0.6) is 5.75 Å². The average Bonchev–Trinajstić information content (AvgIpc) is 3.04. The lowest BCUT2D eigenvalue weighted by Crippen LogP contribution is -2.43. The summed E-state index contributed by atoms with van der Waals surface area (Å²) in [5, 5.41) is 0.580. The summed E-state index contributed by atoms with van der Waals surface area (Å²) in [6.07, 6.45) is 1.38. The van der Waals surface area contributed by atoms with Gasteiger partial charge in [0.25, 0.3) is 5.91 Å². The van der Waals surface area contributed by atoms with Crippen molar-refractivity contribution in [2.75, 3.05) is 18.1 Å². The van der Waals surface area contributed by atoms with Crippen LogP contribution in [-0.2, 0) is 27.6 Å². The highest BCUT2D eigenvalue weighted by atomic mass is 35.5. The van der Waals surface area contributed by atoms with Crippen LogP contribution in [0.3, 0.4) is 0 Å². The quantitative estimate of drug-likeness (QED) is 0.686. The van der Waals surface area contributed by atoms with E-state index in [1.54, 1.807) is 17.0 Å². The van der Waals surface area contributed by atoms with Crippen LogP contribution in [0.15, 0.2) is 48.5 Å². The van der Waals surface area contributed by atoms with Gasteiger partial charge in [0.05, 0.1) is 11.5 Å². The summed E-state index contributed by atoms with van der Waals surface area (Å²) in [7, 11) is -3.11. The minimum Gasteiger partial charge on any atom is -0.484 e. The van der Waals surface area contributed by atoms with Crippen molar-refractivity contribution >= 4 is 27.3 Å². The fraction of sp³-hybridized carbons (Fsp3) is 0.381. The summed E-state index contributed by atoms with van der Waals surface area (Å²) in [5.74, 6) is 0.481. The van der Waals surface area contributed by atoms with Gasteiger partial charge in [-0.25, -0.2) is 8.42 Å². The van der Waals surface area contributed by atoms with E-state index in [1.807, 2.05) is 36.4 Å². The summed E-state index contributed by atoms with van der Waals surface area (Å²) in [5.41, 5.74) is 2.05. The van der Waals surface area contributed by atoms with Gasteiger partial charge in [-0.1, -0.05) is 42.8 Å². The molecule has 0 bridgehead atoms. The lowest BCUT2D eigenvalue weighted by atomic mass is 10.1. The Balaban J connectivity index is 1.72. The lowest BCUT2D eigenvalue weighted by molar-refractivity contribution is -0.136. The SMILES string of the molecule is CCc1ccc(OCC(=O)N(Cc2cccc(Cl)c2)[C@H]2CCS(=O)(=O)C2)cc1. The zero-order valence-corrected chi connectivity index (χ0v) is 17.4. The number of amides is 1. The zero-order chi connectivity index (χ0) is 20.1. The van der Waals surface area contributed by atoms with E-state index in [2.05, 4.69) is 6.92 Å². The standard InChI is InChI=1S/C21H24ClNO4S/c1-2-16-6-8-20(9-7-16)27-14-21(24)23(19-10-11-28(25,26)15-19)13-17-4-3-5-18(22)12-17/h3-9,12,19H,2,10-11,13-15H2,1H3/t19-/m0/s1. The van der Waals surface area contributed by atoms with Crippen molar-refractivity contribution in [3.05, 3.63) is 64.7 Å². The Hall–Kier alpha value is -2.05. The van der Waals surface area contributed by atoms with Crippen LogP contribution in [0.4, 0.5) is 0 Å². The first-order chi connectivity index (χ1) is 13.4. The molecule has 3 rings (SSSR count). The number of hydrogen-bond donors (Lipinski definition) is 0. The van der Waals surface area contributed by atoms with Crippen molar-refractivity contribution < 1.29 is 17.9 Å². The molecule has 1 amide bonds. The van der Waals surface area contributed by atoms with Crippen LogP contribution < -0.4 is 4.74 Å². The molecule has 1 aliphatic rings. The van der Waals surface area contributed by atoms with E-state index in [0.717, 1.165) is 12.0 Å². The van der Waals surface area contributed by atoms with Crippen molar-refractivity contribution in [3.63, 3.8) is 0 Å². The maximum Gasteiger partial charge on any atom is 0.261 e. The van der Waals surface area contributed by atoms with Crippen LogP contribution in [0.25, 0.3) is 0 Å². The van der Waals surface area contributed by atoms with Gasteiger partial charge in [0.15, 0.2) is 16.4 Å². The second-order valence-electron chi connectivity index (χ2n) is 6.99. The van der Waals surface area contributed by atoms with E-state index < -0.39 is 9.84 Å². The number of ether oxygens (including phenoxy) is 1. The van der Waals surface area contributed by atoms with Crippen LogP contribution in [-0.4, -0.2) is 43.4 Å². The number of sulfone groups is 1. The number of halogens is 1. The summed E-state index contributed by atoms with van der Waals surface area (Å²) >= 11 is 6.05. The second kappa shape index (κ2) is 8.97. The molecular formula is C21H24ClNO4S. The van der Waals surface area contributed by atoms with Gasteiger partial charge in [-0.15, -0.1) is 0 Å². The maximum atomic E-state index is 12.9. The maximum absolute atomic E-state index is 12.9. The Bertz CT molecular complexity index is 928. The highest BCUT2D eigenvalue weighted by Gasteiger charge is 2.34. The Morgan fingerprint density at radius 1 is 1.18 bits per heavy atom. The van der Waals surface area contributed by atoms with E-state index in [-0.39, 0.29) is 30.1 Å². The van der Waals surface area contributed by atoms with Crippen LogP contribution in [0, 0.1) is 0 Å². The molecule has 0 radical (unpaired) electrons. The van der Waals surface area contributed by atoms with Crippen LogP contribution in [0.1, 0.15) is 24.5 Å². The monoisotopic (exact) mass is 421 g/mol. The first-order valence-electron chi connectivity index (χ1n) is 9.32. The molecular weight excluding hydrogens is 398 g/mol. The topological polar surface area (TPSA) is 63.7 Å². The molecule has 1 fully saturated rings. The third kappa shape index (κ3) is 5.49. The van der Waals surface area contributed by atoms with E-state index in [0.29, 0.717) is 23.7 Å². The molecule has 2 aromatic rings. The summed E-state index contributed by atoms with van der Waals surface area (Å²) in [4.78, 5) is 14.5. The van der Waals surface area contributed by atoms with Crippen LogP contribution >= 0.6 is 11.6 Å². The molecule has 1 atom stereocenters. The molecule has 2 aromatic carbocycles. The van der Waals surface area contributed by atoms with Crippen molar-refractivity contribution in [1.82, 2.24) is 4.90 Å². The molecule has 0 N–H and O–H groups in total. The Morgan fingerprint density at radius 2 is 1.93 bits per heavy atom. The van der Waals surface area contributed by atoms with Crippen molar-refractivity contribution in [2.24, 2.45) is 0 Å². The molecule has 0 unspecified atom stereocenters. The molecule has 1 aliphatic heterocycles. The molecule has 28 heavy (non-hydrogen) atoms. The Kier molecular flexibility index (Phi) is 6.62. The molecule has 1 heterocycles. The Labute approximate surface area is 171 Å². The van der Waals surface area contributed by atoms with Crippen LogP contribution in [0.2, 0.25) is 5.02 Å². The van der Waals surface area contributed by atoms with Gasteiger partial charge < -0.3 is 9.64 Å². The van der Waals surface area contributed by atoms with E-state index >= 15 is 0 Å². The molecule has 7 heteroatoms. The zero-order valence-electron chi connectivity index (χ0n) is 15.8. The predicted molar refractivity (Wildman–Crippen MR) is 110 cm³/mol. The largest absolute Gasteiger partial charge is 0.484 e. The minimum absolute atomic E-state index is 0.00942. The fourth-order valence-corrected chi connectivity index (χ4v) is 5.27. The lowest BCUT2D eigenvalue weighted by Gasteiger charge is -2.28. The number of carbonyl (C=O) groups excluding carboxylic acids is 1. The number of hydrogen-bond acceptors (Lipinski definition) is 4. The predicted octanol–water partition coefficient (Wildman–Crippen LogP) is 3.50. The molecule has 0 spiro atoms. The van der Waals surface area contributed by atoms with Gasteiger partial charge in [0.1, 0.15) is 5.75 Å². The number of benzene rings is 2. The first-order valence-corrected chi connectivity index (χ1v) is 11.5. The smallest absolute Gasteiger partial charge is 0.261 e. The van der Waals surface area contributed by atoms with Crippen molar-refractivity contribution in [1.29, 1.82) is 0 Å². The van der Waals surface area contributed by atoms with Gasteiger partial charge in [-0.3, -0.25) is 4.79 Å². The van der Waals surface area contributed by atoms with Gasteiger partial charge >= 0.3 is 0 Å². The minimum atomic E-state index is -3.11. The number of nitrogens with zero attached hydrogens (tertiary/aromatic N) is 1. The third-order valence-electron chi connectivity index (χ3n) is 4.91. The normalized spacial score (nSPS) is 18.0. The van der Waals surface area contributed by atoms with Gasteiger partial charge in [-0.2, -0.15) is 0 Å². The molecule has 150 valence electrons. The fourth-order valence-electron chi connectivity index (χ4n) is 3.32. The Morgan fingerprint density at radius 3 is 2.54 bits per heavy atom. The van der Waals surface area contributed by atoms with Gasteiger partial charge in [0, 0.05) is 17.6 Å².